The number of para-hydroxylation sites is 1. The van der Waals surface area contributed by atoms with Crippen molar-refractivity contribution in [2.24, 2.45) is 5.10 Å². The number of hydrogen-bond donors (Lipinski definition) is 1. The number of nitrogens with one attached hydrogen (secondary N) is 1. The first-order chi connectivity index (χ1) is 16.8. The van der Waals surface area contributed by atoms with Crippen LogP contribution in [0.2, 0.25) is 0 Å². The summed E-state index contributed by atoms with van der Waals surface area (Å²) in [6.07, 6.45) is 6.75. The van der Waals surface area contributed by atoms with Crippen molar-refractivity contribution < 1.29 is 9.53 Å². The molecular weight excluding hydrogens is 422 g/mol. The van der Waals surface area contributed by atoms with Crippen LogP contribution in [0.3, 0.4) is 0 Å². The number of nitrogens with zero attached hydrogens (tertiary/aromatic N) is 2. The van der Waals surface area contributed by atoms with Gasteiger partial charge in [-0.2, -0.15) is 5.10 Å². The average molecular weight is 452 g/mol. The van der Waals surface area contributed by atoms with Gasteiger partial charge in [0.05, 0.1) is 6.21 Å². The number of aryl methyl sites for hydroxylation is 2. The van der Waals surface area contributed by atoms with Crippen molar-refractivity contribution in [1.29, 1.82) is 0 Å². The van der Waals surface area contributed by atoms with Gasteiger partial charge in [-0.3, -0.25) is 4.79 Å². The second-order valence-electron chi connectivity index (χ2n) is 8.69. The fourth-order valence-electron chi connectivity index (χ4n) is 4.68. The molecule has 0 atom stereocenters. The van der Waals surface area contributed by atoms with Crippen LogP contribution in [0.5, 0.6) is 5.75 Å². The third-order valence-corrected chi connectivity index (χ3v) is 6.38. The first-order valence-corrected chi connectivity index (χ1v) is 12.0. The van der Waals surface area contributed by atoms with E-state index in [9.17, 15) is 4.79 Å². The molecule has 5 heteroatoms. The molecule has 1 aromatic heterocycles. The van der Waals surface area contributed by atoms with E-state index in [1.54, 1.807) is 6.21 Å². The van der Waals surface area contributed by atoms with Crippen molar-refractivity contribution in [2.45, 2.75) is 45.3 Å². The molecule has 1 amide bonds. The van der Waals surface area contributed by atoms with Crippen LogP contribution in [-0.4, -0.2) is 16.7 Å². The Labute approximate surface area is 200 Å². The van der Waals surface area contributed by atoms with Gasteiger partial charge in [-0.1, -0.05) is 48.5 Å². The zero-order chi connectivity index (χ0) is 23.2. The standard InChI is InChI=1S/C29H29N3O2/c33-29(18-19-32-27-12-6-4-10-25(27)26-11-5-7-13-28(26)32)31-30-20-22-14-16-24(17-15-22)34-21-23-8-2-1-3-9-23/h1-4,6,8-10,12,14-17,20H,5,7,11,13,18-19,21H2,(H,31,33)/b30-20-. The molecule has 1 aliphatic rings. The van der Waals surface area contributed by atoms with Crippen molar-refractivity contribution in [2.75, 3.05) is 0 Å². The number of hydrogen-bond acceptors (Lipinski definition) is 3. The molecule has 1 aliphatic carbocycles. The van der Waals surface area contributed by atoms with Crippen molar-refractivity contribution in [3.63, 3.8) is 0 Å². The molecule has 1 N–H and O–H groups in total. The summed E-state index contributed by atoms with van der Waals surface area (Å²) in [4.78, 5) is 12.4. The molecule has 1 heterocycles. The normalized spacial score (nSPS) is 13.2. The third-order valence-electron chi connectivity index (χ3n) is 6.38. The van der Waals surface area contributed by atoms with E-state index in [2.05, 4.69) is 39.4 Å². The second kappa shape index (κ2) is 10.4. The number of hydrazone groups is 1. The Balaban J connectivity index is 1.14. The van der Waals surface area contributed by atoms with Gasteiger partial charge in [-0.25, -0.2) is 5.43 Å². The van der Waals surface area contributed by atoms with E-state index in [-0.39, 0.29) is 5.91 Å². The number of benzene rings is 3. The first kappa shape index (κ1) is 22.0. The maximum atomic E-state index is 12.4. The molecule has 0 saturated carbocycles. The Hall–Kier alpha value is -3.86. The van der Waals surface area contributed by atoms with Crippen LogP contribution in [0.4, 0.5) is 0 Å². The number of amides is 1. The molecule has 5 nitrogen and oxygen atoms in total. The summed E-state index contributed by atoms with van der Waals surface area (Å²) in [5.41, 5.74) is 8.81. The summed E-state index contributed by atoms with van der Waals surface area (Å²) in [6, 6.07) is 26.3. The molecule has 3 aromatic carbocycles. The Kier molecular flexibility index (Phi) is 6.71. The predicted octanol–water partition coefficient (Wildman–Crippen LogP) is 5.64. The molecule has 34 heavy (non-hydrogen) atoms. The van der Waals surface area contributed by atoms with Crippen LogP contribution in [0, 0.1) is 0 Å². The zero-order valence-corrected chi connectivity index (χ0v) is 19.2. The lowest BCUT2D eigenvalue weighted by Gasteiger charge is -2.15. The highest BCUT2D eigenvalue weighted by Gasteiger charge is 2.19. The Morgan fingerprint density at radius 2 is 1.71 bits per heavy atom. The Morgan fingerprint density at radius 3 is 2.56 bits per heavy atom. The minimum atomic E-state index is -0.0820. The number of rotatable bonds is 8. The highest BCUT2D eigenvalue weighted by molar-refractivity contribution is 5.86. The molecular formula is C29H29N3O2. The highest BCUT2D eigenvalue weighted by Crippen LogP contribution is 2.32. The minimum Gasteiger partial charge on any atom is -0.489 e. The van der Waals surface area contributed by atoms with Gasteiger partial charge in [0, 0.05) is 29.6 Å². The Morgan fingerprint density at radius 1 is 0.941 bits per heavy atom. The largest absolute Gasteiger partial charge is 0.489 e. The molecule has 0 saturated heterocycles. The van der Waals surface area contributed by atoms with E-state index >= 15 is 0 Å². The topological polar surface area (TPSA) is 55.6 Å². The van der Waals surface area contributed by atoms with Crippen LogP contribution in [0.15, 0.2) is 84.0 Å². The number of ether oxygens (including phenoxy) is 1. The third kappa shape index (κ3) is 5.04. The maximum absolute atomic E-state index is 12.4. The second-order valence-corrected chi connectivity index (χ2v) is 8.69. The van der Waals surface area contributed by atoms with Gasteiger partial charge < -0.3 is 9.30 Å². The van der Waals surface area contributed by atoms with Gasteiger partial charge in [0.1, 0.15) is 12.4 Å². The van der Waals surface area contributed by atoms with Gasteiger partial charge in [0.2, 0.25) is 5.91 Å². The summed E-state index contributed by atoms with van der Waals surface area (Å²) in [5.74, 6) is 0.716. The van der Waals surface area contributed by atoms with Crippen LogP contribution in [-0.2, 0) is 30.8 Å². The van der Waals surface area contributed by atoms with Crippen molar-refractivity contribution in [1.82, 2.24) is 9.99 Å². The van der Waals surface area contributed by atoms with Gasteiger partial charge >= 0.3 is 0 Å². The monoisotopic (exact) mass is 451 g/mol. The van der Waals surface area contributed by atoms with Crippen molar-refractivity contribution >= 4 is 23.0 Å². The summed E-state index contributed by atoms with van der Waals surface area (Å²) < 4.78 is 8.15. The maximum Gasteiger partial charge on any atom is 0.241 e. The number of carbonyl (C=O) groups is 1. The van der Waals surface area contributed by atoms with Crippen LogP contribution >= 0.6 is 0 Å². The molecule has 0 radical (unpaired) electrons. The average Bonchev–Trinajstić information content (AvgIpc) is 3.21. The lowest BCUT2D eigenvalue weighted by Crippen LogP contribution is -2.20. The fourth-order valence-corrected chi connectivity index (χ4v) is 4.68. The van der Waals surface area contributed by atoms with Crippen molar-refractivity contribution in [3.05, 3.63) is 101 Å². The Bertz CT molecular complexity index is 1290. The van der Waals surface area contributed by atoms with Gasteiger partial charge in [0.25, 0.3) is 0 Å². The van der Waals surface area contributed by atoms with E-state index in [1.165, 1.54) is 35.0 Å². The quantitative estimate of drug-likeness (QED) is 0.278. The lowest BCUT2D eigenvalue weighted by atomic mass is 9.95. The minimum absolute atomic E-state index is 0.0820. The summed E-state index contributed by atoms with van der Waals surface area (Å²) in [5, 5.41) is 5.48. The molecule has 0 aliphatic heterocycles. The lowest BCUT2D eigenvalue weighted by molar-refractivity contribution is -0.121. The summed E-state index contributed by atoms with van der Waals surface area (Å²) >= 11 is 0. The molecule has 0 bridgehead atoms. The molecule has 0 spiro atoms. The molecule has 5 rings (SSSR count). The molecule has 172 valence electrons. The summed E-state index contributed by atoms with van der Waals surface area (Å²) in [7, 11) is 0. The molecule has 4 aromatic rings. The van der Waals surface area contributed by atoms with Crippen LogP contribution in [0.25, 0.3) is 10.9 Å². The van der Waals surface area contributed by atoms with E-state index in [0.717, 1.165) is 29.7 Å². The van der Waals surface area contributed by atoms with Gasteiger partial charge in [0.15, 0.2) is 0 Å². The fraction of sp³-hybridized carbons (Fsp3) is 0.241. The van der Waals surface area contributed by atoms with Crippen LogP contribution < -0.4 is 10.2 Å². The smallest absolute Gasteiger partial charge is 0.241 e. The zero-order valence-electron chi connectivity index (χ0n) is 19.2. The SMILES string of the molecule is O=C(CCn1c2c(c3ccccc31)CCCC2)N/N=C\c1ccc(OCc2ccccc2)cc1. The van der Waals surface area contributed by atoms with E-state index in [0.29, 0.717) is 19.6 Å². The molecule has 0 unspecified atom stereocenters. The van der Waals surface area contributed by atoms with Crippen LogP contribution in [0.1, 0.15) is 41.6 Å². The van der Waals surface area contributed by atoms with E-state index < -0.39 is 0 Å². The number of aromatic nitrogens is 1. The molecule has 0 fully saturated rings. The van der Waals surface area contributed by atoms with E-state index in [4.69, 9.17) is 4.74 Å². The van der Waals surface area contributed by atoms with E-state index in [1.807, 2.05) is 54.6 Å². The summed E-state index contributed by atoms with van der Waals surface area (Å²) in [6.45, 7) is 1.20. The van der Waals surface area contributed by atoms with Crippen molar-refractivity contribution in [3.8, 4) is 5.75 Å². The number of fused-ring (bicyclic) bond motifs is 3. The predicted molar refractivity (Wildman–Crippen MR) is 136 cm³/mol. The first-order valence-electron chi connectivity index (χ1n) is 12.0. The highest BCUT2D eigenvalue weighted by atomic mass is 16.5. The number of carbonyl (C=O) groups excluding carboxylic acids is 1. The van der Waals surface area contributed by atoms with Gasteiger partial charge in [-0.05, 0) is 72.7 Å². The van der Waals surface area contributed by atoms with Gasteiger partial charge in [-0.15, -0.1) is 0 Å².